The number of morpholine rings is 1. The monoisotopic (exact) mass is 417 g/mol. The predicted octanol–water partition coefficient (Wildman–Crippen LogP) is 3.56. The lowest BCUT2D eigenvalue weighted by Gasteiger charge is -2.45. The average Bonchev–Trinajstić information content (AvgIpc) is 2.84. The first kappa shape index (κ1) is 21.2. The summed E-state index contributed by atoms with van der Waals surface area (Å²) in [6, 6.07) is 25.7. The SMILES string of the molecule is CC(O)C(Oc1ccc(C(=O)c2ccccc2)cc1)(c1ccccc1)C1COCCN1. The van der Waals surface area contributed by atoms with Gasteiger partial charge in [0.15, 0.2) is 11.4 Å². The molecule has 3 aromatic carbocycles. The molecule has 0 saturated carbocycles. The van der Waals surface area contributed by atoms with Gasteiger partial charge in [0.1, 0.15) is 5.75 Å². The van der Waals surface area contributed by atoms with Crippen molar-refractivity contribution >= 4 is 5.78 Å². The van der Waals surface area contributed by atoms with Crippen LogP contribution in [-0.2, 0) is 10.3 Å². The summed E-state index contributed by atoms with van der Waals surface area (Å²) in [6.07, 6.45) is -0.820. The van der Waals surface area contributed by atoms with E-state index in [-0.39, 0.29) is 11.8 Å². The summed E-state index contributed by atoms with van der Waals surface area (Å²) >= 11 is 0. The third kappa shape index (κ3) is 4.39. The summed E-state index contributed by atoms with van der Waals surface area (Å²) in [6.45, 7) is 3.46. The third-order valence-electron chi connectivity index (χ3n) is 5.72. The van der Waals surface area contributed by atoms with Crippen molar-refractivity contribution in [3.05, 3.63) is 102 Å². The number of ether oxygens (including phenoxy) is 2. The molecule has 0 spiro atoms. The Hall–Kier alpha value is -2.99. The maximum absolute atomic E-state index is 12.7. The summed E-state index contributed by atoms with van der Waals surface area (Å²) in [7, 11) is 0. The molecule has 2 N–H and O–H groups in total. The van der Waals surface area contributed by atoms with Gasteiger partial charge in [0.05, 0.1) is 25.4 Å². The highest BCUT2D eigenvalue weighted by Crippen LogP contribution is 2.36. The van der Waals surface area contributed by atoms with E-state index in [9.17, 15) is 9.90 Å². The van der Waals surface area contributed by atoms with Gasteiger partial charge in [-0.1, -0.05) is 60.7 Å². The van der Waals surface area contributed by atoms with Gasteiger partial charge < -0.3 is 19.9 Å². The molecule has 31 heavy (non-hydrogen) atoms. The molecule has 0 radical (unpaired) electrons. The molecule has 3 atom stereocenters. The van der Waals surface area contributed by atoms with E-state index in [1.807, 2.05) is 48.5 Å². The largest absolute Gasteiger partial charge is 0.478 e. The van der Waals surface area contributed by atoms with E-state index in [1.54, 1.807) is 43.3 Å². The molecule has 1 saturated heterocycles. The van der Waals surface area contributed by atoms with Crippen LogP contribution < -0.4 is 10.1 Å². The van der Waals surface area contributed by atoms with Crippen molar-refractivity contribution in [2.45, 2.75) is 24.7 Å². The lowest BCUT2D eigenvalue weighted by atomic mass is 9.81. The van der Waals surface area contributed by atoms with Crippen molar-refractivity contribution in [2.75, 3.05) is 19.8 Å². The molecule has 1 heterocycles. The zero-order valence-corrected chi connectivity index (χ0v) is 17.5. The van der Waals surface area contributed by atoms with Crippen LogP contribution in [0.15, 0.2) is 84.9 Å². The van der Waals surface area contributed by atoms with E-state index in [0.717, 1.165) is 5.56 Å². The number of aliphatic hydroxyl groups excluding tert-OH is 1. The van der Waals surface area contributed by atoms with E-state index in [0.29, 0.717) is 36.6 Å². The Labute approximate surface area is 182 Å². The number of aliphatic hydroxyl groups is 1. The second kappa shape index (κ2) is 9.43. The number of hydrogen-bond acceptors (Lipinski definition) is 5. The predicted molar refractivity (Wildman–Crippen MR) is 119 cm³/mol. The van der Waals surface area contributed by atoms with Crippen LogP contribution in [0.1, 0.15) is 28.4 Å². The van der Waals surface area contributed by atoms with E-state index in [4.69, 9.17) is 9.47 Å². The van der Waals surface area contributed by atoms with E-state index < -0.39 is 11.7 Å². The third-order valence-corrected chi connectivity index (χ3v) is 5.72. The number of hydrogen-bond donors (Lipinski definition) is 2. The molecule has 3 aromatic rings. The minimum atomic E-state index is -1.05. The highest BCUT2D eigenvalue weighted by molar-refractivity contribution is 6.08. The fraction of sp³-hybridized carbons (Fsp3) is 0.269. The number of nitrogens with one attached hydrogen (secondary N) is 1. The second-order valence-corrected chi connectivity index (χ2v) is 7.74. The Bertz CT molecular complexity index is 983. The average molecular weight is 418 g/mol. The molecule has 0 bridgehead atoms. The van der Waals surface area contributed by atoms with E-state index in [1.165, 1.54) is 0 Å². The fourth-order valence-electron chi connectivity index (χ4n) is 4.11. The Kier molecular flexibility index (Phi) is 6.47. The first-order valence-electron chi connectivity index (χ1n) is 10.5. The molecule has 160 valence electrons. The number of carbonyl (C=O) groups excluding carboxylic acids is 1. The highest BCUT2D eigenvalue weighted by atomic mass is 16.5. The van der Waals surface area contributed by atoms with Gasteiger partial charge in [-0.05, 0) is 36.8 Å². The fourth-order valence-corrected chi connectivity index (χ4v) is 4.11. The molecule has 1 aliphatic rings. The molecule has 3 unspecified atom stereocenters. The standard InChI is InChI=1S/C26H27NO4/c1-19(28)26(22-10-6-3-7-11-22,24-18-30-17-16-27-24)31-23-14-12-21(13-15-23)25(29)20-8-4-2-5-9-20/h2-15,19,24,27-28H,16-18H2,1H3. The van der Waals surface area contributed by atoms with E-state index >= 15 is 0 Å². The maximum Gasteiger partial charge on any atom is 0.193 e. The van der Waals surface area contributed by atoms with Gasteiger partial charge in [0.25, 0.3) is 0 Å². The molecular weight excluding hydrogens is 390 g/mol. The van der Waals surface area contributed by atoms with Gasteiger partial charge in [-0.15, -0.1) is 0 Å². The molecule has 5 heteroatoms. The van der Waals surface area contributed by atoms with Crippen molar-refractivity contribution in [1.82, 2.24) is 5.32 Å². The Morgan fingerprint density at radius 1 is 1.00 bits per heavy atom. The molecular formula is C26H27NO4. The molecule has 1 fully saturated rings. The molecule has 0 amide bonds. The summed E-state index contributed by atoms with van der Waals surface area (Å²) in [5, 5.41) is 14.4. The Balaban J connectivity index is 1.66. The summed E-state index contributed by atoms with van der Waals surface area (Å²) in [5.41, 5.74) is 1.03. The first-order valence-corrected chi connectivity index (χ1v) is 10.5. The highest BCUT2D eigenvalue weighted by Gasteiger charge is 2.48. The summed E-state index contributed by atoms with van der Waals surface area (Å²) in [4.78, 5) is 12.7. The smallest absolute Gasteiger partial charge is 0.193 e. The van der Waals surface area contributed by atoms with E-state index in [2.05, 4.69) is 5.32 Å². The topological polar surface area (TPSA) is 67.8 Å². The number of ketones is 1. The van der Waals surface area contributed by atoms with Gasteiger partial charge in [-0.2, -0.15) is 0 Å². The molecule has 1 aliphatic heterocycles. The van der Waals surface area contributed by atoms with Gasteiger partial charge in [0.2, 0.25) is 0 Å². The van der Waals surface area contributed by atoms with Crippen molar-refractivity contribution in [3.63, 3.8) is 0 Å². The molecule has 5 nitrogen and oxygen atoms in total. The normalized spacial score (nSPS) is 19.2. The Morgan fingerprint density at radius 2 is 1.61 bits per heavy atom. The van der Waals surface area contributed by atoms with Crippen molar-refractivity contribution in [3.8, 4) is 5.75 Å². The van der Waals surface area contributed by atoms with Crippen molar-refractivity contribution < 1.29 is 19.4 Å². The maximum atomic E-state index is 12.7. The minimum Gasteiger partial charge on any atom is -0.478 e. The van der Waals surface area contributed by atoms with Gasteiger partial charge in [-0.25, -0.2) is 0 Å². The lowest BCUT2D eigenvalue weighted by Crippen LogP contribution is -2.62. The minimum absolute atomic E-state index is 0.0423. The van der Waals surface area contributed by atoms with Gasteiger partial charge in [-0.3, -0.25) is 4.79 Å². The number of rotatable bonds is 7. The van der Waals surface area contributed by atoms with Crippen LogP contribution in [0.5, 0.6) is 5.75 Å². The molecule has 0 aliphatic carbocycles. The zero-order chi connectivity index (χ0) is 21.7. The zero-order valence-electron chi connectivity index (χ0n) is 17.5. The summed E-state index contributed by atoms with van der Waals surface area (Å²) in [5.74, 6) is 0.529. The molecule has 0 aromatic heterocycles. The van der Waals surface area contributed by atoms with Crippen LogP contribution in [0.4, 0.5) is 0 Å². The van der Waals surface area contributed by atoms with Crippen LogP contribution in [0.25, 0.3) is 0 Å². The second-order valence-electron chi connectivity index (χ2n) is 7.74. The Morgan fingerprint density at radius 3 is 2.19 bits per heavy atom. The van der Waals surface area contributed by atoms with Crippen LogP contribution in [0, 0.1) is 0 Å². The van der Waals surface area contributed by atoms with Gasteiger partial charge >= 0.3 is 0 Å². The summed E-state index contributed by atoms with van der Waals surface area (Å²) < 4.78 is 12.2. The first-order chi connectivity index (χ1) is 15.1. The quantitative estimate of drug-likeness (QED) is 0.576. The van der Waals surface area contributed by atoms with Crippen molar-refractivity contribution in [1.29, 1.82) is 0 Å². The van der Waals surface area contributed by atoms with Gasteiger partial charge in [0, 0.05) is 17.7 Å². The van der Waals surface area contributed by atoms with Crippen LogP contribution in [0.3, 0.4) is 0 Å². The number of benzene rings is 3. The van der Waals surface area contributed by atoms with Crippen LogP contribution in [0.2, 0.25) is 0 Å². The van der Waals surface area contributed by atoms with Crippen LogP contribution >= 0.6 is 0 Å². The van der Waals surface area contributed by atoms with Crippen LogP contribution in [-0.4, -0.2) is 42.8 Å². The number of carbonyl (C=O) groups is 1. The van der Waals surface area contributed by atoms with Crippen molar-refractivity contribution in [2.24, 2.45) is 0 Å². The lowest BCUT2D eigenvalue weighted by molar-refractivity contribution is -0.105. The molecule has 4 rings (SSSR count).